The Morgan fingerprint density at radius 3 is 2.80 bits per heavy atom. The van der Waals surface area contributed by atoms with Crippen molar-refractivity contribution in [3.8, 4) is 0 Å². The summed E-state index contributed by atoms with van der Waals surface area (Å²) in [6.45, 7) is 5.45. The third-order valence-electron chi connectivity index (χ3n) is 2.82. The maximum Gasteiger partial charge on any atom is 0.247 e. The third kappa shape index (κ3) is 4.50. The highest BCUT2D eigenvalue weighted by atomic mass is 32.1. The van der Waals surface area contributed by atoms with Gasteiger partial charge in [-0.2, -0.15) is 0 Å². The second kappa shape index (κ2) is 7.86. The highest BCUT2D eigenvalue weighted by Gasteiger charge is 2.36. The zero-order chi connectivity index (χ0) is 15.1. The van der Waals surface area contributed by atoms with Gasteiger partial charge in [0.15, 0.2) is 11.0 Å². The fraction of sp³-hybridized carbons (Fsp3) is 0.538. The Balaban J connectivity index is 2.60. The molecule has 1 saturated heterocycles. The minimum absolute atomic E-state index is 0.126. The first-order valence-electron chi connectivity index (χ1n) is 6.53. The fourth-order valence-electron chi connectivity index (χ4n) is 1.77. The van der Waals surface area contributed by atoms with Crippen molar-refractivity contribution in [3.05, 3.63) is 12.7 Å². The monoisotopic (exact) mass is 297 g/mol. The van der Waals surface area contributed by atoms with Crippen LogP contribution in [0.25, 0.3) is 0 Å². The van der Waals surface area contributed by atoms with E-state index in [2.05, 4.69) is 31.0 Å². The van der Waals surface area contributed by atoms with Crippen LogP contribution in [0.5, 0.6) is 0 Å². The summed E-state index contributed by atoms with van der Waals surface area (Å²) in [7, 11) is 4.13. The summed E-state index contributed by atoms with van der Waals surface area (Å²) < 4.78 is 0. The quantitative estimate of drug-likeness (QED) is 0.200. The highest BCUT2D eigenvalue weighted by molar-refractivity contribution is 7.80. The van der Waals surface area contributed by atoms with Gasteiger partial charge in [0, 0.05) is 25.7 Å². The van der Waals surface area contributed by atoms with E-state index in [1.54, 1.807) is 6.08 Å². The number of hydrogen-bond donors (Lipinski definition) is 2. The maximum atomic E-state index is 12.1. The molecule has 0 radical (unpaired) electrons. The van der Waals surface area contributed by atoms with E-state index < -0.39 is 11.8 Å². The molecule has 2 amide bonds. The van der Waals surface area contributed by atoms with Gasteiger partial charge in [-0.15, -0.1) is 6.58 Å². The van der Waals surface area contributed by atoms with E-state index in [4.69, 9.17) is 12.2 Å². The Hall–Kier alpha value is -1.60. The Labute approximate surface area is 124 Å². The van der Waals surface area contributed by atoms with Crippen molar-refractivity contribution >= 4 is 35.4 Å². The van der Waals surface area contributed by atoms with Crippen molar-refractivity contribution in [3.63, 3.8) is 0 Å². The predicted octanol–water partition coefficient (Wildman–Crippen LogP) is -1.36. The van der Waals surface area contributed by atoms with E-state index in [-0.39, 0.29) is 17.6 Å². The SMILES string of the molecule is C=CCN1C(=O)C(C=NCCC[NH+](C)C)C(=O)NC1=S. The van der Waals surface area contributed by atoms with Crippen molar-refractivity contribution in [2.45, 2.75) is 6.42 Å². The van der Waals surface area contributed by atoms with Gasteiger partial charge in [-0.3, -0.25) is 19.5 Å². The van der Waals surface area contributed by atoms with Crippen LogP contribution in [0.2, 0.25) is 0 Å². The van der Waals surface area contributed by atoms with Gasteiger partial charge in [0.2, 0.25) is 11.8 Å². The van der Waals surface area contributed by atoms with Crippen LogP contribution in [0, 0.1) is 5.92 Å². The lowest BCUT2D eigenvalue weighted by molar-refractivity contribution is -0.858. The second-order valence-electron chi connectivity index (χ2n) is 4.88. The number of rotatable bonds is 7. The van der Waals surface area contributed by atoms with E-state index in [9.17, 15) is 9.59 Å². The van der Waals surface area contributed by atoms with Crippen molar-refractivity contribution in [1.82, 2.24) is 10.2 Å². The zero-order valence-electron chi connectivity index (χ0n) is 11.9. The van der Waals surface area contributed by atoms with Crippen LogP contribution in [0.15, 0.2) is 17.6 Å². The highest BCUT2D eigenvalue weighted by Crippen LogP contribution is 2.09. The number of quaternary nitrogens is 1. The number of hydrogen-bond acceptors (Lipinski definition) is 4. The second-order valence-corrected chi connectivity index (χ2v) is 5.26. The average Bonchev–Trinajstić information content (AvgIpc) is 2.37. The summed E-state index contributed by atoms with van der Waals surface area (Å²) >= 11 is 4.96. The molecule has 0 bridgehead atoms. The third-order valence-corrected chi connectivity index (χ3v) is 3.14. The summed E-state index contributed by atoms with van der Waals surface area (Å²) in [5, 5.41) is 2.63. The first kappa shape index (κ1) is 16.5. The lowest BCUT2D eigenvalue weighted by Gasteiger charge is -2.29. The molecule has 0 aromatic carbocycles. The van der Waals surface area contributed by atoms with Crippen LogP contribution in [-0.2, 0) is 9.59 Å². The molecular weight excluding hydrogens is 276 g/mol. The van der Waals surface area contributed by atoms with E-state index in [0.29, 0.717) is 6.54 Å². The molecule has 0 aromatic heterocycles. The summed E-state index contributed by atoms with van der Waals surface area (Å²) in [6.07, 6.45) is 3.90. The molecule has 0 saturated carbocycles. The Bertz CT molecular complexity index is 434. The minimum atomic E-state index is -0.895. The molecule has 1 atom stereocenters. The Kier molecular flexibility index (Phi) is 6.47. The van der Waals surface area contributed by atoms with E-state index >= 15 is 0 Å². The van der Waals surface area contributed by atoms with Gasteiger partial charge >= 0.3 is 0 Å². The van der Waals surface area contributed by atoms with Crippen LogP contribution < -0.4 is 10.2 Å². The number of carbonyl (C=O) groups excluding carboxylic acids is 2. The van der Waals surface area contributed by atoms with Gasteiger partial charge in [0.25, 0.3) is 0 Å². The van der Waals surface area contributed by atoms with Crippen molar-refractivity contribution in [2.24, 2.45) is 10.9 Å². The predicted molar refractivity (Wildman–Crippen MR) is 81.8 cm³/mol. The largest absolute Gasteiger partial charge is 0.340 e. The molecule has 6 nitrogen and oxygen atoms in total. The number of nitrogens with zero attached hydrogens (tertiary/aromatic N) is 2. The first-order chi connectivity index (χ1) is 9.47. The maximum absolute atomic E-state index is 12.1. The first-order valence-corrected chi connectivity index (χ1v) is 6.94. The Morgan fingerprint density at radius 1 is 1.50 bits per heavy atom. The lowest BCUT2D eigenvalue weighted by Crippen LogP contribution is -3.05. The molecule has 1 fully saturated rings. The molecule has 110 valence electrons. The Morgan fingerprint density at radius 2 is 2.20 bits per heavy atom. The van der Waals surface area contributed by atoms with Crippen molar-refractivity contribution < 1.29 is 14.5 Å². The van der Waals surface area contributed by atoms with Crippen LogP contribution in [-0.4, -0.2) is 61.8 Å². The van der Waals surface area contributed by atoms with E-state index in [1.165, 1.54) is 16.0 Å². The van der Waals surface area contributed by atoms with Crippen LogP contribution in [0.1, 0.15) is 6.42 Å². The van der Waals surface area contributed by atoms with Crippen molar-refractivity contribution in [1.29, 1.82) is 0 Å². The smallest absolute Gasteiger partial charge is 0.247 e. The van der Waals surface area contributed by atoms with Gasteiger partial charge in [0.1, 0.15) is 0 Å². The molecular formula is C13H21N4O2S+. The molecule has 1 rings (SSSR count). The average molecular weight is 297 g/mol. The number of thiocarbonyl (C=S) groups is 1. The molecule has 2 N–H and O–H groups in total. The topological polar surface area (TPSA) is 66.2 Å². The number of nitrogens with one attached hydrogen (secondary N) is 2. The van der Waals surface area contributed by atoms with E-state index in [1.807, 2.05) is 0 Å². The molecule has 1 aliphatic heterocycles. The fourth-order valence-corrected chi connectivity index (χ4v) is 2.03. The molecule has 0 spiro atoms. The van der Waals surface area contributed by atoms with Crippen LogP contribution in [0.4, 0.5) is 0 Å². The van der Waals surface area contributed by atoms with Gasteiger partial charge in [-0.25, -0.2) is 0 Å². The molecule has 7 heteroatoms. The molecule has 20 heavy (non-hydrogen) atoms. The number of amides is 2. The zero-order valence-corrected chi connectivity index (χ0v) is 12.7. The molecule has 1 aliphatic rings. The van der Waals surface area contributed by atoms with Gasteiger partial charge in [-0.1, -0.05) is 6.08 Å². The number of aliphatic imine (C=N–C) groups is 1. The molecule has 0 aliphatic carbocycles. The van der Waals surface area contributed by atoms with E-state index in [0.717, 1.165) is 13.0 Å². The normalized spacial score (nSPS) is 19.9. The summed E-state index contributed by atoms with van der Waals surface area (Å²) in [6, 6.07) is 0. The standard InChI is InChI=1S/C13H20N4O2S/c1-4-7-17-12(19)10(11(18)15-13(17)20)9-14-6-5-8-16(2)3/h4,9-10H,1,5-8H2,2-3H3,(H,15,18,20)/p+1. The van der Waals surface area contributed by atoms with Gasteiger partial charge in [0.05, 0.1) is 20.6 Å². The van der Waals surface area contributed by atoms with Crippen LogP contribution in [0.3, 0.4) is 0 Å². The molecule has 0 aromatic rings. The van der Waals surface area contributed by atoms with Gasteiger partial charge < -0.3 is 10.2 Å². The molecule has 1 heterocycles. The van der Waals surface area contributed by atoms with Crippen LogP contribution >= 0.6 is 12.2 Å². The lowest BCUT2D eigenvalue weighted by atomic mass is 10.1. The van der Waals surface area contributed by atoms with Gasteiger partial charge in [-0.05, 0) is 12.2 Å². The molecule has 1 unspecified atom stereocenters. The number of carbonyl (C=O) groups is 2. The summed E-state index contributed by atoms with van der Waals surface area (Å²) in [4.78, 5) is 30.7. The van der Waals surface area contributed by atoms with Crippen molar-refractivity contribution in [2.75, 3.05) is 33.7 Å². The minimum Gasteiger partial charge on any atom is -0.340 e. The summed E-state index contributed by atoms with van der Waals surface area (Å²) in [5.41, 5.74) is 0. The summed E-state index contributed by atoms with van der Waals surface area (Å²) in [5.74, 6) is -1.66.